The van der Waals surface area contributed by atoms with Crippen LogP contribution in [0.2, 0.25) is 0 Å². The van der Waals surface area contributed by atoms with Crippen molar-refractivity contribution in [3.05, 3.63) is 29.8 Å². The summed E-state index contributed by atoms with van der Waals surface area (Å²) in [5.74, 6) is 1.40. The van der Waals surface area contributed by atoms with E-state index in [-0.39, 0.29) is 12.5 Å². The van der Waals surface area contributed by atoms with E-state index in [1.807, 2.05) is 31.2 Å². The topological polar surface area (TPSA) is 78.0 Å². The molecule has 0 radical (unpaired) electrons. The SMILES string of the molecule is CCNC(=NCC(=O)NCc1ccc(OC)cc1)NCC1CCCN1CC. The Labute approximate surface area is 162 Å². The van der Waals surface area contributed by atoms with Gasteiger partial charge in [0.1, 0.15) is 12.3 Å². The van der Waals surface area contributed by atoms with Crippen molar-refractivity contribution in [3.8, 4) is 5.75 Å². The van der Waals surface area contributed by atoms with E-state index in [0.717, 1.165) is 30.9 Å². The summed E-state index contributed by atoms with van der Waals surface area (Å²) >= 11 is 0. The van der Waals surface area contributed by atoms with Gasteiger partial charge in [0.2, 0.25) is 5.91 Å². The van der Waals surface area contributed by atoms with E-state index >= 15 is 0 Å². The number of benzene rings is 1. The van der Waals surface area contributed by atoms with Gasteiger partial charge in [-0.3, -0.25) is 9.69 Å². The van der Waals surface area contributed by atoms with Crippen molar-refractivity contribution < 1.29 is 9.53 Å². The van der Waals surface area contributed by atoms with Crippen molar-refractivity contribution >= 4 is 11.9 Å². The van der Waals surface area contributed by atoms with Crippen LogP contribution in [0.3, 0.4) is 0 Å². The molecule has 0 bridgehead atoms. The normalized spacial score (nSPS) is 17.6. The molecule has 1 fully saturated rings. The first kappa shape index (κ1) is 21.0. The third kappa shape index (κ3) is 7.09. The monoisotopic (exact) mass is 375 g/mol. The van der Waals surface area contributed by atoms with Gasteiger partial charge in [-0.15, -0.1) is 0 Å². The first-order chi connectivity index (χ1) is 13.2. The number of guanidine groups is 1. The predicted octanol–water partition coefficient (Wildman–Crippen LogP) is 1.35. The Kier molecular flexibility index (Phi) is 8.91. The van der Waals surface area contributed by atoms with E-state index in [1.165, 1.54) is 19.4 Å². The molecule has 27 heavy (non-hydrogen) atoms. The van der Waals surface area contributed by atoms with Crippen molar-refractivity contribution in [1.82, 2.24) is 20.9 Å². The Hall–Kier alpha value is -2.28. The van der Waals surface area contributed by atoms with Crippen molar-refractivity contribution in [2.45, 2.75) is 39.3 Å². The molecule has 0 aromatic heterocycles. The zero-order valence-electron chi connectivity index (χ0n) is 16.8. The summed E-state index contributed by atoms with van der Waals surface area (Å²) in [5, 5.41) is 9.48. The lowest BCUT2D eigenvalue weighted by molar-refractivity contribution is -0.119. The molecule has 0 saturated carbocycles. The Morgan fingerprint density at radius 1 is 1.22 bits per heavy atom. The van der Waals surface area contributed by atoms with E-state index in [1.54, 1.807) is 7.11 Å². The molecule has 7 nitrogen and oxygen atoms in total. The lowest BCUT2D eigenvalue weighted by atomic mass is 10.2. The lowest BCUT2D eigenvalue weighted by Gasteiger charge is -2.23. The maximum Gasteiger partial charge on any atom is 0.242 e. The summed E-state index contributed by atoms with van der Waals surface area (Å²) in [6.07, 6.45) is 2.46. The number of methoxy groups -OCH3 is 1. The molecule has 1 aromatic rings. The summed E-state index contributed by atoms with van der Waals surface area (Å²) < 4.78 is 5.13. The van der Waals surface area contributed by atoms with Crippen molar-refractivity contribution in [1.29, 1.82) is 0 Å². The third-order valence-electron chi connectivity index (χ3n) is 4.78. The molecule has 0 spiro atoms. The first-order valence-electron chi connectivity index (χ1n) is 9.82. The molecular weight excluding hydrogens is 342 g/mol. The molecular formula is C20H33N5O2. The van der Waals surface area contributed by atoms with Crippen LogP contribution in [0.1, 0.15) is 32.3 Å². The second-order valence-electron chi connectivity index (χ2n) is 6.63. The molecule has 1 unspecified atom stereocenters. The largest absolute Gasteiger partial charge is 0.497 e. The van der Waals surface area contributed by atoms with Gasteiger partial charge in [0, 0.05) is 25.7 Å². The molecule has 2 rings (SSSR count). The second kappa shape index (κ2) is 11.4. The number of carbonyl (C=O) groups is 1. The van der Waals surface area contributed by atoms with Gasteiger partial charge in [-0.2, -0.15) is 0 Å². The van der Waals surface area contributed by atoms with Gasteiger partial charge in [-0.05, 0) is 50.6 Å². The molecule has 1 aliphatic heterocycles. The molecule has 1 heterocycles. The van der Waals surface area contributed by atoms with Gasteiger partial charge >= 0.3 is 0 Å². The van der Waals surface area contributed by atoms with E-state index < -0.39 is 0 Å². The highest BCUT2D eigenvalue weighted by molar-refractivity contribution is 5.84. The third-order valence-corrected chi connectivity index (χ3v) is 4.78. The zero-order chi connectivity index (χ0) is 19.5. The Morgan fingerprint density at radius 2 is 2.00 bits per heavy atom. The van der Waals surface area contributed by atoms with Crippen LogP contribution in [0, 0.1) is 0 Å². The van der Waals surface area contributed by atoms with Crippen molar-refractivity contribution in [3.63, 3.8) is 0 Å². The minimum atomic E-state index is -0.0981. The quantitative estimate of drug-likeness (QED) is 0.449. The average Bonchev–Trinajstić information content (AvgIpc) is 3.16. The molecule has 0 aliphatic carbocycles. The summed E-state index contributed by atoms with van der Waals surface area (Å²) in [6.45, 7) is 8.68. The van der Waals surface area contributed by atoms with Crippen LogP contribution in [-0.4, -0.2) is 62.6 Å². The van der Waals surface area contributed by atoms with E-state index in [2.05, 4.69) is 32.8 Å². The smallest absolute Gasteiger partial charge is 0.242 e. The Morgan fingerprint density at radius 3 is 2.67 bits per heavy atom. The highest BCUT2D eigenvalue weighted by Gasteiger charge is 2.22. The van der Waals surface area contributed by atoms with E-state index in [4.69, 9.17) is 4.74 Å². The van der Waals surface area contributed by atoms with Crippen LogP contribution in [-0.2, 0) is 11.3 Å². The number of likely N-dealkylation sites (tertiary alicyclic amines) is 1. The number of amides is 1. The van der Waals surface area contributed by atoms with Crippen LogP contribution >= 0.6 is 0 Å². The highest BCUT2D eigenvalue weighted by atomic mass is 16.5. The second-order valence-corrected chi connectivity index (χ2v) is 6.63. The zero-order valence-corrected chi connectivity index (χ0v) is 16.8. The Bertz CT molecular complexity index is 603. The molecule has 1 atom stereocenters. The Balaban J connectivity index is 1.77. The van der Waals surface area contributed by atoms with Crippen LogP contribution in [0.15, 0.2) is 29.3 Å². The van der Waals surface area contributed by atoms with Gasteiger partial charge in [0.25, 0.3) is 0 Å². The van der Waals surface area contributed by atoms with E-state index in [9.17, 15) is 4.79 Å². The van der Waals surface area contributed by atoms with Crippen LogP contribution in [0.4, 0.5) is 0 Å². The molecule has 1 aromatic carbocycles. The minimum Gasteiger partial charge on any atom is -0.497 e. The van der Waals surface area contributed by atoms with Gasteiger partial charge in [0.15, 0.2) is 5.96 Å². The molecule has 150 valence electrons. The number of aliphatic imine (C=N–C) groups is 1. The van der Waals surface area contributed by atoms with Crippen LogP contribution < -0.4 is 20.7 Å². The summed E-state index contributed by atoms with van der Waals surface area (Å²) in [5.41, 5.74) is 1.03. The maximum absolute atomic E-state index is 12.1. The minimum absolute atomic E-state index is 0.0981. The highest BCUT2D eigenvalue weighted by Crippen LogP contribution is 2.15. The molecule has 1 saturated heterocycles. The van der Waals surface area contributed by atoms with Crippen molar-refractivity contribution in [2.24, 2.45) is 4.99 Å². The first-order valence-corrected chi connectivity index (χ1v) is 9.82. The average molecular weight is 376 g/mol. The summed E-state index contributed by atoms with van der Waals surface area (Å²) in [4.78, 5) is 19.0. The lowest BCUT2D eigenvalue weighted by Crippen LogP contribution is -2.45. The number of nitrogens with one attached hydrogen (secondary N) is 3. The number of rotatable bonds is 9. The number of carbonyl (C=O) groups excluding carboxylic acids is 1. The fraction of sp³-hybridized carbons (Fsp3) is 0.600. The molecule has 1 aliphatic rings. The van der Waals surface area contributed by atoms with Crippen LogP contribution in [0.25, 0.3) is 0 Å². The van der Waals surface area contributed by atoms with Crippen molar-refractivity contribution in [2.75, 3.05) is 39.8 Å². The van der Waals surface area contributed by atoms with Gasteiger partial charge < -0.3 is 20.7 Å². The number of ether oxygens (including phenoxy) is 1. The summed E-state index contributed by atoms with van der Waals surface area (Å²) in [7, 11) is 1.64. The van der Waals surface area contributed by atoms with Crippen LogP contribution in [0.5, 0.6) is 5.75 Å². The number of nitrogens with zero attached hydrogens (tertiary/aromatic N) is 2. The molecule has 7 heteroatoms. The summed E-state index contributed by atoms with van der Waals surface area (Å²) in [6, 6.07) is 8.19. The number of hydrogen-bond acceptors (Lipinski definition) is 4. The molecule has 1 amide bonds. The molecule has 3 N–H and O–H groups in total. The number of hydrogen-bond donors (Lipinski definition) is 3. The van der Waals surface area contributed by atoms with Gasteiger partial charge in [-0.1, -0.05) is 19.1 Å². The predicted molar refractivity (Wildman–Crippen MR) is 109 cm³/mol. The van der Waals surface area contributed by atoms with Gasteiger partial charge in [0.05, 0.1) is 7.11 Å². The fourth-order valence-electron chi connectivity index (χ4n) is 3.25. The van der Waals surface area contributed by atoms with Gasteiger partial charge in [-0.25, -0.2) is 4.99 Å². The fourth-order valence-corrected chi connectivity index (χ4v) is 3.25. The van der Waals surface area contributed by atoms with E-state index in [0.29, 0.717) is 18.5 Å². The number of likely N-dealkylation sites (N-methyl/N-ethyl adjacent to an activating group) is 1. The maximum atomic E-state index is 12.1. The standard InChI is InChI=1S/C20H33N5O2/c1-4-21-20(23-14-17-7-6-12-25(17)5-2)24-15-19(26)22-13-16-8-10-18(27-3)11-9-16/h8-11,17H,4-7,12-15H2,1-3H3,(H,22,26)(H2,21,23,24).